The Morgan fingerprint density at radius 2 is 2.32 bits per heavy atom. The van der Waals surface area contributed by atoms with Crippen LogP contribution in [-0.4, -0.2) is 31.1 Å². The van der Waals surface area contributed by atoms with Crippen molar-refractivity contribution < 1.29 is 0 Å². The molecule has 1 N–H and O–H groups in total. The monoisotopic (exact) mass is 276 g/mol. The lowest BCUT2D eigenvalue weighted by atomic mass is 10.1. The summed E-state index contributed by atoms with van der Waals surface area (Å²) in [6.07, 6.45) is 5.44. The van der Waals surface area contributed by atoms with E-state index in [0.29, 0.717) is 0 Å². The predicted octanol–water partition coefficient (Wildman–Crippen LogP) is 3.05. The Hall–Kier alpha value is -0.670. The van der Waals surface area contributed by atoms with E-state index in [4.69, 9.17) is 0 Å². The van der Waals surface area contributed by atoms with E-state index in [1.165, 1.54) is 61.3 Å². The smallest absolute Gasteiger partial charge is 0.0397 e. The summed E-state index contributed by atoms with van der Waals surface area (Å²) in [5.41, 5.74) is 4.38. The van der Waals surface area contributed by atoms with E-state index in [9.17, 15) is 0 Å². The van der Waals surface area contributed by atoms with Crippen molar-refractivity contribution in [2.45, 2.75) is 37.5 Å². The highest BCUT2D eigenvalue weighted by Gasteiger charge is 2.16. The summed E-state index contributed by atoms with van der Waals surface area (Å²) >= 11 is 2.15. The van der Waals surface area contributed by atoms with Crippen LogP contribution in [0.2, 0.25) is 0 Å². The molecule has 0 aliphatic carbocycles. The first-order chi connectivity index (χ1) is 9.33. The maximum Gasteiger partial charge on any atom is 0.0397 e. The lowest BCUT2D eigenvalue weighted by Gasteiger charge is -2.21. The Morgan fingerprint density at radius 1 is 1.37 bits per heavy atom. The van der Waals surface area contributed by atoms with Crippen LogP contribution in [0.15, 0.2) is 18.2 Å². The summed E-state index contributed by atoms with van der Waals surface area (Å²) < 4.78 is 0. The molecule has 1 atom stereocenters. The molecule has 0 aromatic heterocycles. The fraction of sp³-hybridized carbons (Fsp3) is 0.625. The average molecular weight is 276 g/mol. The van der Waals surface area contributed by atoms with Gasteiger partial charge in [0.1, 0.15) is 0 Å². The Labute approximate surface area is 121 Å². The van der Waals surface area contributed by atoms with Gasteiger partial charge in [-0.05, 0) is 42.2 Å². The summed E-state index contributed by atoms with van der Waals surface area (Å²) in [6, 6.07) is 6.95. The van der Waals surface area contributed by atoms with Gasteiger partial charge in [0, 0.05) is 37.6 Å². The maximum atomic E-state index is 3.64. The van der Waals surface area contributed by atoms with Crippen LogP contribution in [0.1, 0.15) is 30.4 Å². The van der Waals surface area contributed by atoms with Gasteiger partial charge in [-0.1, -0.05) is 18.6 Å². The topological polar surface area (TPSA) is 15.3 Å². The Balaban J connectivity index is 1.50. The van der Waals surface area contributed by atoms with E-state index in [2.05, 4.69) is 47.2 Å². The third kappa shape index (κ3) is 3.26. The third-order valence-electron chi connectivity index (χ3n) is 4.25. The number of benzene rings is 1. The van der Waals surface area contributed by atoms with E-state index in [1.54, 1.807) is 0 Å². The Morgan fingerprint density at radius 3 is 3.16 bits per heavy atom. The minimum atomic E-state index is 0.842. The first kappa shape index (κ1) is 13.3. The van der Waals surface area contributed by atoms with Crippen LogP contribution < -0.4 is 10.2 Å². The van der Waals surface area contributed by atoms with Crippen LogP contribution in [0.4, 0.5) is 5.69 Å². The van der Waals surface area contributed by atoms with E-state index in [1.807, 2.05) is 0 Å². The van der Waals surface area contributed by atoms with Gasteiger partial charge in [-0.25, -0.2) is 0 Å². The fourth-order valence-corrected chi connectivity index (χ4v) is 4.35. The number of anilines is 1. The summed E-state index contributed by atoms with van der Waals surface area (Å²) in [5, 5.41) is 4.48. The number of likely N-dealkylation sites (N-methyl/N-ethyl adjacent to an activating group) is 1. The molecule has 1 fully saturated rings. The molecular weight excluding hydrogens is 252 g/mol. The first-order valence-corrected chi connectivity index (χ1v) is 8.53. The first-order valence-electron chi connectivity index (χ1n) is 7.48. The molecular formula is C16H24N2S. The predicted molar refractivity (Wildman–Crippen MR) is 85.2 cm³/mol. The van der Waals surface area contributed by atoms with Crippen molar-refractivity contribution in [2.75, 3.05) is 30.8 Å². The number of nitrogens with one attached hydrogen (secondary N) is 1. The highest BCUT2D eigenvalue weighted by atomic mass is 32.2. The zero-order valence-corrected chi connectivity index (χ0v) is 12.6. The molecule has 2 aliphatic heterocycles. The molecule has 1 aromatic rings. The van der Waals surface area contributed by atoms with E-state index < -0.39 is 0 Å². The molecule has 2 aliphatic rings. The number of hydrogen-bond donors (Lipinski definition) is 1. The third-order valence-corrected chi connectivity index (χ3v) is 5.64. The SMILES string of the molecule is CN1CCc2cc(CNCC3CCCCS3)ccc21. The molecule has 104 valence electrons. The van der Waals surface area contributed by atoms with Crippen molar-refractivity contribution in [3.8, 4) is 0 Å². The van der Waals surface area contributed by atoms with Crippen molar-refractivity contribution in [1.29, 1.82) is 0 Å². The van der Waals surface area contributed by atoms with Gasteiger partial charge in [-0.2, -0.15) is 11.8 Å². The lowest BCUT2D eigenvalue weighted by molar-refractivity contribution is 0.598. The van der Waals surface area contributed by atoms with Gasteiger partial charge in [0.2, 0.25) is 0 Å². The second-order valence-corrected chi connectivity index (χ2v) is 7.16. The molecule has 1 saturated heterocycles. The van der Waals surface area contributed by atoms with Gasteiger partial charge >= 0.3 is 0 Å². The van der Waals surface area contributed by atoms with E-state index >= 15 is 0 Å². The van der Waals surface area contributed by atoms with Gasteiger partial charge in [0.15, 0.2) is 0 Å². The summed E-state index contributed by atoms with van der Waals surface area (Å²) in [6.45, 7) is 3.36. The van der Waals surface area contributed by atoms with Gasteiger partial charge in [0.05, 0.1) is 0 Å². The molecule has 1 unspecified atom stereocenters. The van der Waals surface area contributed by atoms with Gasteiger partial charge in [-0.15, -0.1) is 0 Å². The molecule has 3 heteroatoms. The fourth-order valence-electron chi connectivity index (χ4n) is 3.08. The minimum absolute atomic E-state index is 0.842. The largest absolute Gasteiger partial charge is 0.374 e. The molecule has 2 nitrogen and oxygen atoms in total. The van der Waals surface area contributed by atoms with Crippen molar-refractivity contribution >= 4 is 17.4 Å². The average Bonchev–Trinajstić information content (AvgIpc) is 2.81. The standard InChI is InChI=1S/C16H24N2S/c1-18-8-7-14-10-13(5-6-16(14)18)11-17-12-15-4-2-3-9-19-15/h5-6,10,15,17H,2-4,7-9,11-12H2,1H3. The number of thioether (sulfide) groups is 1. The van der Waals surface area contributed by atoms with Crippen molar-refractivity contribution in [3.05, 3.63) is 29.3 Å². The highest BCUT2D eigenvalue weighted by molar-refractivity contribution is 7.99. The number of nitrogens with zero attached hydrogens (tertiary/aromatic N) is 1. The Kier molecular flexibility index (Phi) is 4.34. The van der Waals surface area contributed by atoms with Crippen LogP contribution in [0.25, 0.3) is 0 Å². The van der Waals surface area contributed by atoms with Crippen LogP contribution in [0.5, 0.6) is 0 Å². The van der Waals surface area contributed by atoms with Crippen LogP contribution in [0, 0.1) is 0 Å². The Bertz CT molecular complexity index is 427. The summed E-state index contributed by atoms with van der Waals surface area (Å²) in [5.74, 6) is 1.36. The second-order valence-electron chi connectivity index (χ2n) is 5.75. The van der Waals surface area contributed by atoms with Crippen LogP contribution in [-0.2, 0) is 13.0 Å². The van der Waals surface area contributed by atoms with Crippen molar-refractivity contribution in [2.24, 2.45) is 0 Å². The maximum absolute atomic E-state index is 3.64. The zero-order chi connectivity index (χ0) is 13.1. The number of rotatable bonds is 4. The van der Waals surface area contributed by atoms with Crippen LogP contribution >= 0.6 is 11.8 Å². The van der Waals surface area contributed by atoms with Crippen LogP contribution in [0.3, 0.4) is 0 Å². The normalized spacial score (nSPS) is 22.6. The second kappa shape index (κ2) is 6.19. The molecule has 0 radical (unpaired) electrons. The zero-order valence-electron chi connectivity index (χ0n) is 11.8. The molecule has 2 heterocycles. The molecule has 1 aromatic carbocycles. The molecule has 3 rings (SSSR count). The molecule has 0 bridgehead atoms. The summed E-state index contributed by atoms with van der Waals surface area (Å²) in [4.78, 5) is 2.35. The molecule has 0 saturated carbocycles. The van der Waals surface area contributed by atoms with Gasteiger partial charge in [-0.3, -0.25) is 0 Å². The molecule has 19 heavy (non-hydrogen) atoms. The quantitative estimate of drug-likeness (QED) is 0.910. The number of hydrogen-bond acceptors (Lipinski definition) is 3. The van der Waals surface area contributed by atoms with Gasteiger partial charge < -0.3 is 10.2 Å². The van der Waals surface area contributed by atoms with Crippen molar-refractivity contribution in [1.82, 2.24) is 5.32 Å². The van der Waals surface area contributed by atoms with E-state index in [-0.39, 0.29) is 0 Å². The molecule has 0 spiro atoms. The lowest BCUT2D eigenvalue weighted by Crippen LogP contribution is -2.26. The van der Waals surface area contributed by atoms with E-state index in [0.717, 1.165) is 11.8 Å². The van der Waals surface area contributed by atoms with Gasteiger partial charge in [0.25, 0.3) is 0 Å². The number of fused-ring (bicyclic) bond motifs is 1. The van der Waals surface area contributed by atoms with Crippen molar-refractivity contribution in [3.63, 3.8) is 0 Å². The minimum Gasteiger partial charge on any atom is -0.374 e. The highest BCUT2D eigenvalue weighted by Crippen LogP contribution is 2.27. The molecule has 0 amide bonds. The summed E-state index contributed by atoms with van der Waals surface area (Å²) in [7, 11) is 2.18.